The quantitative estimate of drug-likeness (QED) is 0.518. The molecule has 0 aromatic carbocycles. The van der Waals surface area contributed by atoms with E-state index in [0.29, 0.717) is 0 Å². The average Bonchev–Trinajstić information content (AvgIpc) is 1.35. The van der Waals surface area contributed by atoms with Gasteiger partial charge in [0.2, 0.25) is 0 Å². The molecule has 0 fully saturated rings. The zero-order chi connectivity index (χ0) is 4.99. The molecule has 0 radical (unpaired) electrons. The van der Waals surface area contributed by atoms with E-state index >= 15 is 0 Å². The first-order valence-electron chi connectivity index (χ1n) is 1.32. The maximum atomic E-state index is 11.4. The molecule has 0 nitrogen and oxygen atoms in total. The maximum absolute atomic E-state index is 11.4. The molecule has 0 aromatic heterocycles. The Morgan fingerprint density at radius 3 is 2.33 bits per heavy atom. The van der Waals surface area contributed by atoms with Crippen LogP contribution in [0.2, 0.25) is 0 Å². The van der Waals surface area contributed by atoms with E-state index in [0.717, 1.165) is 10.8 Å². The fraction of sp³-hybridized carbons (Fsp3) is 0.333. The van der Waals surface area contributed by atoms with Crippen LogP contribution >= 0.6 is 21.6 Å². The van der Waals surface area contributed by atoms with Crippen molar-refractivity contribution in [1.82, 2.24) is 0 Å². The molecule has 0 aliphatic carbocycles. The fourth-order valence-electron chi connectivity index (χ4n) is 0.0904. The molecule has 0 bridgehead atoms. The second kappa shape index (κ2) is 3.56. The van der Waals surface area contributed by atoms with Gasteiger partial charge in [-0.15, -0.1) is 0 Å². The lowest BCUT2D eigenvalue weighted by Gasteiger charge is -1.81. The number of rotatable bonds is 2. The summed E-state index contributed by atoms with van der Waals surface area (Å²) in [6.45, 7) is 3.02. The van der Waals surface area contributed by atoms with E-state index in [1.165, 1.54) is 10.8 Å². The zero-order valence-electron chi connectivity index (χ0n) is 3.40. The molecule has 0 atom stereocenters. The van der Waals surface area contributed by atoms with Crippen molar-refractivity contribution < 1.29 is 4.39 Å². The van der Waals surface area contributed by atoms with Crippen molar-refractivity contribution in [3.63, 3.8) is 0 Å². The second-order valence-corrected chi connectivity index (χ2v) is 3.05. The molecule has 0 aliphatic heterocycles. The largest absolute Gasteiger partial charge is 0.199 e. The van der Waals surface area contributed by atoms with Crippen molar-refractivity contribution in [3.8, 4) is 0 Å². The lowest BCUT2D eigenvalue weighted by Crippen LogP contribution is -1.45. The van der Waals surface area contributed by atoms with E-state index in [9.17, 15) is 4.39 Å². The summed E-state index contributed by atoms with van der Waals surface area (Å²) in [5.41, 5.74) is 0. The van der Waals surface area contributed by atoms with E-state index in [4.69, 9.17) is 0 Å². The summed E-state index contributed by atoms with van der Waals surface area (Å²) in [4.78, 5) is 0. The summed E-state index contributed by atoms with van der Waals surface area (Å²) in [6.07, 6.45) is 1.80. The maximum Gasteiger partial charge on any atom is 0.159 e. The molecule has 0 aromatic rings. The number of halogens is 1. The third-order valence-electron chi connectivity index (χ3n) is 0.174. The Labute approximate surface area is 44.6 Å². The summed E-state index contributed by atoms with van der Waals surface area (Å²) >= 11 is 0. The number of hydrogen-bond acceptors (Lipinski definition) is 2. The van der Waals surface area contributed by atoms with Crippen LogP contribution < -0.4 is 0 Å². The standard InChI is InChI=1S/C3H5FS2/c1-3(4)6-5-2/h1H2,2H3. The summed E-state index contributed by atoms with van der Waals surface area (Å²) in [5.74, 6) is 0. The lowest BCUT2D eigenvalue weighted by atomic mass is 11.2. The highest BCUT2D eigenvalue weighted by Crippen LogP contribution is 2.25. The van der Waals surface area contributed by atoms with Crippen molar-refractivity contribution >= 4 is 21.6 Å². The van der Waals surface area contributed by atoms with E-state index < -0.39 is 0 Å². The van der Waals surface area contributed by atoms with Gasteiger partial charge in [-0.25, -0.2) is 0 Å². The van der Waals surface area contributed by atoms with E-state index in [2.05, 4.69) is 6.58 Å². The summed E-state index contributed by atoms with van der Waals surface area (Å²) in [5, 5.41) is -0.331. The Kier molecular flexibility index (Phi) is 3.78. The Morgan fingerprint density at radius 2 is 2.33 bits per heavy atom. The highest BCUT2D eigenvalue weighted by Gasteiger charge is 1.82. The molecular formula is C3H5FS2. The smallest absolute Gasteiger partial charge is 0.159 e. The Morgan fingerprint density at radius 1 is 1.83 bits per heavy atom. The Hall–Kier alpha value is 0.370. The average molecular weight is 124 g/mol. The van der Waals surface area contributed by atoms with Gasteiger partial charge in [0.15, 0.2) is 5.16 Å². The molecule has 0 unspecified atom stereocenters. The minimum Gasteiger partial charge on any atom is -0.199 e. The van der Waals surface area contributed by atoms with Gasteiger partial charge < -0.3 is 0 Å². The van der Waals surface area contributed by atoms with Crippen LogP contribution in [0.4, 0.5) is 4.39 Å². The van der Waals surface area contributed by atoms with Crippen LogP contribution in [0.5, 0.6) is 0 Å². The van der Waals surface area contributed by atoms with Gasteiger partial charge in [-0.2, -0.15) is 4.39 Å². The van der Waals surface area contributed by atoms with E-state index in [-0.39, 0.29) is 5.16 Å². The van der Waals surface area contributed by atoms with E-state index in [1.807, 2.05) is 0 Å². The molecule has 0 amide bonds. The van der Waals surface area contributed by atoms with Crippen LogP contribution in [-0.4, -0.2) is 6.26 Å². The van der Waals surface area contributed by atoms with Crippen LogP contribution in [0.1, 0.15) is 0 Å². The normalized spacial score (nSPS) is 8.33. The first-order valence-corrected chi connectivity index (χ1v) is 3.88. The van der Waals surface area contributed by atoms with Crippen molar-refractivity contribution in [2.24, 2.45) is 0 Å². The fourth-order valence-corrected chi connectivity index (χ4v) is 0.814. The first-order chi connectivity index (χ1) is 2.77. The van der Waals surface area contributed by atoms with Crippen LogP contribution in [-0.2, 0) is 0 Å². The van der Waals surface area contributed by atoms with Gasteiger partial charge in [0, 0.05) is 0 Å². The van der Waals surface area contributed by atoms with Crippen molar-refractivity contribution in [3.05, 3.63) is 11.7 Å². The molecule has 0 saturated heterocycles. The summed E-state index contributed by atoms with van der Waals surface area (Å²) in [6, 6.07) is 0. The van der Waals surface area contributed by atoms with Gasteiger partial charge in [-0.05, 0) is 17.0 Å². The van der Waals surface area contributed by atoms with Gasteiger partial charge in [0.05, 0.1) is 0 Å². The highest BCUT2D eigenvalue weighted by atomic mass is 33.1. The molecule has 36 valence electrons. The minimum absolute atomic E-state index is 0.331. The van der Waals surface area contributed by atoms with Crippen LogP contribution in [0.25, 0.3) is 0 Å². The predicted octanol–water partition coefficient (Wildman–Crippen LogP) is 2.44. The highest BCUT2D eigenvalue weighted by molar-refractivity contribution is 8.77. The molecule has 0 N–H and O–H groups in total. The topological polar surface area (TPSA) is 0 Å². The first kappa shape index (κ1) is 6.37. The minimum atomic E-state index is -0.331. The molecule has 0 saturated carbocycles. The van der Waals surface area contributed by atoms with Gasteiger partial charge in [0.25, 0.3) is 0 Å². The second-order valence-electron chi connectivity index (χ2n) is 0.605. The van der Waals surface area contributed by atoms with Crippen molar-refractivity contribution in [1.29, 1.82) is 0 Å². The van der Waals surface area contributed by atoms with Crippen LogP contribution in [0, 0.1) is 0 Å². The Bertz CT molecular complexity index is 52.8. The molecule has 0 aliphatic rings. The zero-order valence-corrected chi connectivity index (χ0v) is 5.03. The molecule has 0 spiro atoms. The summed E-state index contributed by atoms with van der Waals surface area (Å²) < 4.78 is 11.4. The Balaban J connectivity index is 2.83. The molecule has 3 heteroatoms. The van der Waals surface area contributed by atoms with Gasteiger partial charge in [-0.3, -0.25) is 0 Å². The predicted molar refractivity (Wildman–Crippen MR) is 31.4 cm³/mol. The van der Waals surface area contributed by atoms with Gasteiger partial charge in [0.1, 0.15) is 0 Å². The molecule has 6 heavy (non-hydrogen) atoms. The number of hydrogen-bond donors (Lipinski definition) is 0. The van der Waals surface area contributed by atoms with Crippen molar-refractivity contribution in [2.45, 2.75) is 0 Å². The van der Waals surface area contributed by atoms with Crippen LogP contribution in [0.3, 0.4) is 0 Å². The molecule has 0 rings (SSSR count). The third-order valence-corrected chi connectivity index (χ3v) is 1.56. The summed E-state index contributed by atoms with van der Waals surface area (Å²) in [7, 11) is 2.39. The van der Waals surface area contributed by atoms with Crippen LogP contribution in [0.15, 0.2) is 11.7 Å². The SMILES string of the molecule is C=C(F)SSC. The lowest BCUT2D eigenvalue weighted by molar-refractivity contribution is 0.705. The van der Waals surface area contributed by atoms with E-state index in [1.54, 1.807) is 6.26 Å². The third kappa shape index (κ3) is 4.37. The monoisotopic (exact) mass is 124 g/mol. The van der Waals surface area contributed by atoms with Gasteiger partial charge in [-0.1, -0.05) is 17.4 Å². The molecule has 0 heterocycles. The van der Waals surface area contributed by atoms with Gasteiger partial charge >= 0.3 is 0 Å². The van der Waals surface area contributed by atoms with Crippen molar-refractivity contribution in [2.75, 3.05) is 6.26 Å². The molecular weight excluding hydrogens is 119 g/mol.